The van der Waals surface area contributed by atoms with Gasteiger partial charge in [0.25, 0.3) is 5.91 Å². The van der Waals surface area contributed by atoms with Crippen LogP contribution in [0, 0.1) is 0 Å². The number of rotatable bonds is 11. The lowest BCUT2D eigenvalue weighted by Crippen LogP contribution is -2.28. The van der Waals surface area contributed by atoms with Crippen molar-refractivity contribution in [3.05, 3.63) is 76.5 Å². The predicted molar refractivity (Wildman–Crippen MR) is 120 cm³/mol. The molecule has 164 valence electrons. The van der Waals surface area contributed by atoms with Gasteiger partial charge in [0.15, 0.2) is 0 Å². The molecular weight excluding hydrogens is 436 g/mol. The van der Waals surface area contributed by atoms with Crippen LogP contribution in [0.25, 0.3) is 0 Å². The summed E-state index contributed by atoms with van der Waals surface area (Å²) in [6.07, 6.45) is 0. The van der Waals surface area contributed by atoms with Gasteiger partial charge < -0.3 is 14.8 Å². The molecule has 0 saturated carbocycles. The summed E-state index contributed by atoms with van der Waals surface area (Å²) in [5, 5.41) is 4.61. The van der Waals surface area contributed by atoms with E-state index in [-0.39, 0.29) is 36.1 Å². The summed E-state index contributed by atoms with van der Waals surface area (Å²) in [5.74, 6) is 1.07. The Morgan fingerprint density at radius 2 is 1.74 bits per heavy atom. The van der Waals surface area contributed by atoms with E-state index in [1.807, 2.05) is 36.6 Å². The lowest BCUT2D eigenvalue weighted by atomic mass is 10.2. The number of carbonyl (C=O) groups is 1. The van der Waals surface area contributed by atoms with Crippen molar-refractivity contribution in [1.29, 1.82) is 0 Å². The van der Waals surface area contributed by atoms with E-state index in [9.17, 15) is 13.2 Å². The average molecular weight is 461 g/mol. The van der Waals surface area contributed by atoms with Crippen molar-refractivity contribution in [3.63, 3.8) is 0 Å². The highest BCUT2D eigenvalue weighted by Crippen LogP contribution is 2.17. The minimum Gasteiger partial charge on any atom is -0.494 e. The van der Waals surface area contributed by atoms with E-state index in [4.69, 9.17) is 9.47 Å². The Hall–Kier alpha value is -2.88. The van der Waals surface area contributed by atoms with E-state index < -0.39 is 10.0 Å². The van der Waals surface area contributed by atoms with Crippen LogP contribution < -0.4 is 19.5 Å². The largest absolute Gasteiger partial charge is 0.494 e. The zero-order valence-electron chi connectivity index (χ0n) is 17.0. The van der Waals surface area contributed by atoms with Crippen LogP contribution in [0.15, 0.2) is 70.9 Å². The van der Waals surface area contributed by atoms with Crippen LogP contribution in [0.1, 0.15) is 22.2 Å². The Morgan fingerprint density at radius 3 is 2.42 bits per heavy atom. The Morgan fingerprint density at radius 1 is 1.00 bits per heavy atom. The minimum atomic E-state index is -3.72. The van der Waals surface area contributed by atoms with Gasteiger partial charge in [-0.25, -0.2) is 13.1 Å². The molecule has 0 fully saturated rings. The maximum Gasteiger partial charge on any atom is 0.251 e. The molecule has 7 nitrogen and oxygen atoms in total. The van der Waals surface area contributed by atoms with Crippen molar-refractivity contribution in [2.75, 3.05) is 19.8 Å². The second kappa shape index (κ2) is 10.9. The topological polar surface area (TPSA) is 93.7 Å². The molecule has 0 unspecified atom stereocenters. The Kier molecular flexibility index (Phi) is 8.05. The average Bonchev–Trinajstić information content (AvgIpc) is 3.30. The molecule has 0 saturated heterocycles. The van der Waals surface area contributed by atoms with Gasteiger partial charge in [0, 0.05) is 17.0 Å². The van der Waals surface area contributed by atoms with Crippen LogP contribution >= 0.6 is 11.3 Å². The van der Waals surface area contributed by atoms with Crippen LogP contribution in [0.5, 0.6) is 11.5 Å². The second-order valence-corrected chi connectivity index (χ2v) is 9.24. The van der Waals surface area contributed by atoms with E-state index in [1.54, 1.807) is 24.3 Å². The molecule has 0 aliphatic heterocycles. The molecular formula is C22H24N2O5S2. The summed E-state index contributed by atoms with van der Waals surface area (Å²) in [4.78, 5) is 13.4. The zero-order chi connectivity index (χ0) is 22.1. The smallest absolute Gasteiger partial charge is 0.251 e. The minimum absolute atomic E-state index is 0.0438. The van der Waals surface area contributed by atoms with Crippen LogP contribution in [0.2, 0.25) is 0 Å². The van der Waals surface area contributed by atoms with Crippen molar-refractivity contribution in [2.24, 2.45) is 0 Å². The summed E-state index contributed by atoms with van der Waals surface area (Å²) in [6, 6.07) is 16.9. The molecule has 0 spiro atoms. The van der Waals surface area contributed by atoms with Crippen molar-refractivity contribution < 1.29 is 22.7 Å². The summed E-state index contributed by atoms with van der Waals surface area (Å²) < 4.78 is 38.6. The third kappa shape index (κ3) is 6.81. The van der Waals surface area contributed by atoms with Gasteiger partial charge >= 0.3 is 0 Å². The highest BCUT2D eigenvalue weighted by molar-refractivity contribution is 7.89. The fraction of sp³-hybridized carbons (Fsp3) is 0.227. The lowest BCUT2D eigenvalue weighted by molar-refractivity contribution is 0.0947. The quantitative estimate of drug-likeness (QED) is 0.428. The molecule has 1 heterocycles. The van der Waals surface area contributed by atoms with E-state index in [2.05, 4.69) is 10.0 Å². The Bertz CT molecular complexity index is 1080. The third-order valence-corrected chi connectivity index (χ3v) is 6.49. The molecule has 9 heteroatoms. The van der Waals surface area contributed by atoms with Crippen molar-refractivity contribution in [2.45, 2.75) is 18.4 Å². The van der Waals surface area contributed by atoms with Gasteiger partial charge in [-0.1, -0.05) is 12.1 Å². The summed E-state index contributed by atoms with van der Waals surface area (Å²) in [7, 11) is -3.72. The highest BCUT2D eigenvalue weighted by atomic mass is 32.2. The van der Waals surface area contributed by atoms with Gasteiger partial charge in [-0.3, -0.25) is 4.79 Å². The standard InChI is InChI=1S/C22H24N2O5S2/c1-2-28-18-8-10-19(11-9-18)29-13-12-23-22(25)17-5-3-7-21(15-17)31(26,27)24-16-20-6-4-14-30-20/h3-11,14-15,24H,2,12-13,16H2,1H3,(H,23,25). The van der Waals surface area contributed by atoms with Gasteiger partial charge in [0.05, 0.1) is 18.0 Å². The van der Waals surface area contributed by atoms with Gasteiger partial charge in [-0.15, -0.1) is 11.3 Å². The first-order valence-electron chi connectivity index (χ1n) is 9.74. The maximum atomic E-state index is 12.5. The number of thiophene rings is 1. The molecule has 31 heavy (non-hydrogen) atoms. The van der Waals surface area contributed by atoms with Gasteiger partial charge in [0.2, 0.25) is 10.0 Å². The fourth-order valence-corrected chi connectivity index (χ4v) is 4.49. The molecule has 1 aromatic heterocycles. The number of amides is 1. The van der Waals surface area contributed by atoms with Crippen molar-refractivity contribution in [3.8, 4) is 11.5 Å². The molecule has 0 bridgehead atoms. The van der Waals surface area contributed by atoms with Gasteiger partial charge in [-0.05, 0) is 60.8 Å². The van der Waals surface area contributed by atoms with Gasteiger partial charge in [-0.2, -0.15) is 0 Å². The molecule has 2 aromatic carbocycles. The predicted octanol–water partition coefficient (Wildman–Crippen LogP) is 3.43. The Labute approximate surface area is 186 Å². The van der Waals surface area contributed by atoms with E-state index >= 15 is 0 Å². The number of hydrogen-bond donors (Lipinski definition) is 2. The monoisotopic (exact) mass is 460 g/mol. The first-order valence-corrected chi connectivity index (χ1v) is 12.1. The highest BCUT2D eigenvalue weighted by Gasteiger charge is 2.16. The molecule has 0 aliphatic carbocycles. The van der Waals surface area contributed by atoms with Crippen LogP contribution in [0.4, 0.5) is 0 Å². The van der Waals surface area contributed by atoms with Crippen LogP contribution in [-0.2, 0) is 16.6 Å². The molecule has 0 radical (unpaired) electrons. The Balaban J connectivity index is 1.50. The van der Waals surface area contributed by atoms with Crippen LogP contribution in [0.3, 0.4) is 0 Å². The zero-order valence-corrected chi connectivity index (χ0v) is 18.7. The molecule has 0 atom stereocenters. The number of sulfonamides is 1. The van der Waals surface area contributed by atoms with Gasteiger partial charge in [0.1, 0.15) is 18.1 Å². The maximum absolute atomic E-state index is 12.5. The summed E-state index contributed by atoms with van der Waals surface area (Å²) in [5.41, 5.74) is 0.264. The number of benzene rings is 2. The van der Waals surface area contributed by atoms with E-state index in [1.165, 1.54) is 23.5 Å². The van der Waals surface area contributed by atoms with E-state index in [0.717, 1.165) is 10.6 Å². The molecule has 1 amide bonds. The number of nitrogens with one attached hydrogen (secondary N) is 2. The van der Waals surface area contributed by atoms with Crippen molar-refractivity contribution >= 4 is 27.3 Å². The van der Waals surface area contributed by atoms with Crippen LogP contribution in [-0.4, -0.2) is 34.1 Å². The number of carbonyl (C=O) groups excluding carboxylic acids is 1. The third-order valence-electron chi connectivity index (χ3n) is 4.21. The first-order chi connectivity index (χ1) is 15.0. The molecule has 3 rings (SSSR count). The number of ether oxygens (including phenoxy) is 2. The van der Waals surface area contributed by atoms with E-state index in [0.29, 0.717) is 12.4 Å². The molecule has 0 aliphatic rings. The normalized spacial score (nSPS) is 11.1. The summed E-state index contributed by atoms with van der Waals surface area (Å²) in [6.45, 7) is 3.28. The molecule has 2 N–H and O–H groups in total. The lowest BCUT2D eigenvalue weighted by Gasteiger charge is -2.10. The SMILES string of the molecule is CCOc1ccc(OCCNC(=O)c2cccc(S(=O)(=O)NCc3cccs3)c2)cc1. The summed E-state index contributed by atoms with van der Waals surface area (Å²) >= 11 is 1.47. The number of hydrogen-bond acceptors (Lipinski definition) is 6. The first kappa shape index (κ1) is 22.8. The fourth-order valence-electron chi connectivity index (χ4n) is 2.70. The second-order valence-electron chi connectivity index (χ2n) is 6.44. The van der Waals surface area contributed by atoms with Crippen molar-refractivity contribution in [1.82, 2.24) is 10.0 Å². The molecule has 3 aromatic rings.